The van der Waals surface area contributed by atoms with E-state index in [-0.39, 0.29) is 12.7 Å². The Labute approximate surface area is 130 Å². The van der Waals surface area contributed by atoms with Crippen LogP contribution in [0, 0.1) is 6.92 Å². The molecule has 22 heavy (non-hydrogen) atoms. The third-order valence-electron chi connectivity index (χ3n) is 2.97. The van der Waals surface area contributed by atoms with Crippen molar-refractivity contribution in [2.24, 2.45) is 0 Å². The Hall–Kier alpha value is -2.59. The number of carbonyl (C=O) groups excluding carboxylic acids is 1. The summed E-state index contributed by atoms with van der Waals surface area (Å²) < 4.78 is 10.1. The fraction of sp³-hybridized carbons (Fsp3) is 0.167. The van der Waals surface area contributed by atoms with Crippen molar-refractivity contribution in [3.8, 4) is 5.75 Å². The molecule has 0 saturated carbocycles. The summed E-state index contributed by atoms with van der Waals surface area (Å²) in [6.45, 7) is 2.22. The molecule has 2 aromatic rings. The summed E-state index contributed by atoms with van der Waals surface area (Å²) in [5, 5.41) is 2.81. The van der Waals surface area contributed by atoms with Gasteiger partial charge in [-0.25, -0.2) is 0 Å². The molecule has 0 fully saturated rings. The summed E-state index contributed by atoms with van der Waals surface area (Å²) in [6, 6.07) is 15.1. The van der Waals surface area contributed by atoms with E-state index in [0.717, 1.165) is 22.6 Å². The summed E-state index contributed by atoms with van der Waals surface area (Å²) in [4.78, 5) is 11.8. The first kappa shape index (κ1) is 15.8. The quantitative estimate of drug-likeness (QED) is 0.654. The van der Waals surface area contributed by atoms with Gasteiger partial charge in [0.1, 0.15) is 5.75 Å². The molecule has 2 rings (SSSR count). The van der Waals surface area contributed by atoms with Crippen molar-refractivity contribution in [3.63, 3.8) is 0 Å². The maximum atomic E-state index is 11.8. The molecule has 0 aliphatic rings. The van der Waals surface area contributed by atoms with Crippen LogP contribution in [-0.2, 0) is 9.53 Å². The van der Waals surface area contributed by atoms with Crippen LogP contribution in [0.3, 0.4) is 0 Å². The average molecular weight is 297 g/mol. The Morgan fingerprint density at radius 1 is 1.09 bits per heavy atom. The normalized spacial score (nSPS) is 10.6. The number of aryl methyl sites for hydroxylation is 1. The van der Waals surface area contributed by atoms with Gasteiger partial charge in [0.15, 0.2) is 6.79 Å². The van der Waals surface area contributed by atoms with E-state index in [0.29, 0.717) is 0 Å². The highest BCUT2D eigenvalue weighted by atomic mass is 16.7. The number of anilines is 1. The molecule has 0 atom stereocenters. The lowest BCUT2D eigenvalue weighted by atomic mass is 10.2. The van der Waals surface area contributed by atoms with E-state index in [2.05, 4.69) is 5.32 Å². The zero-order chi connectivity index (χ0) is 15.8. The number of hydrogen-bond donors (Lipinski definition) is 1. The Balaban J connectivity index is 1.90. The molecule has 0 aliphatic heterocycles. The van der Waals surface area contributed by atoms with Crippen molar-refractivity contribution >= 4 is 17.7 Å². The molecule has 4 heteroatoms. The van der Waals surface area contributed by atoms with E-state index >= 15 is 0 Å². The second-order valence-corrected chi connectivity index (χ2v) is 4.81. The number of amides is 1. The van der Waals surface area contributed by atoms with Crippen LogP contribution in [0.25, 0.3) is 6.08 Å². The van der Waals surface area contributed by atoms with Gasteiger partial charge >= 0.3 is 0 Å². The van der Waals surface area contributed by atoms with Gasteiger partial charge in [-0.15, -0.1) is 0 Å². The van der Waals surface area contributed by atoms with Gasteiger partial charge in [0.05, 0.1) is 0 Å². The second kappa shape index (κ2) is 8.00. The highest BCUT2D eigenvalue weighted by Crippen LogP contribution is 2.13. The van der Waals surface area contributed by atoms with Crippen LogP contribution in [0.4, 0.5) is 5.69 Å². The highest BCUT2D eigenvalue weighted by molar-refractivity contribution is 6.01. The van der Waals surface area contributed by atoms with Crippen molar-refractivity contribution < 1.29 is 14.3 Å². The SMILES string of the molecule is COCOc1ccc(/C=C/C(=O)Nc2ccc(C)cc2)cc1. The summed E-state index contributed by atoms with van der Waals surface area (Å²) in [5.74, 6) is 0.562. The Morgan fingerprint density at radius 2 is 1.77 bits per heavy atom. The number of methoxy groups -OCH3 is 1. The lowest BCUT2D eigenvalue weighted by molar-refractivity contribution is -0.111. The summed E-state index contributed by atoms with van der Waals surface area (Å²) >= 11 is 0. The monoisotopic (exact) mass is 297 g/mol. The second-order valence-electron chi connectivity index (χ2n) is 4.81. The topological polar surface area (TPSA) is 47.6 Å². The van der Waals surface area contributed by atoms with E-state index in [4.69, 9.17) is 9.47 Å². The first-order chi connectivity index (χ1) is 10.7. The van der Waals surface area contributed by atoms with Gasteiger partial charge in [-0.1, -0.05) is 29.8 Å². The van der Waals surface area contributed by atoms with Crippen LogP contribution in [0.1, 0.15) is 11.1 Å². The minimum absolute atomic E-state index is 0.163. The molecule has 0 heterocycles. The number of rotatable bonds is 6. The number of hydrogen-bond acceptors (Lipinski definition) is 3. The molecule has 4 nitrogen and oxygen atoms in total. The van der Waals surface area contributed by atoms with Gasteiger partial charge in [0.25, 0.3) is 0 Å². The zero-order valence-corrected chi connectivity index (χ0v) is 12.7. The fourth-order valence-electron chi connectivity index (χ4n) is 1.79. The Kier molecular flexibility index (Phi) is 5.74. The predicted molar refractivity (Wildman–Crippen MR) is 87.8 cm³/mol. The molecule has 114 valence electrons. The number of nitrogens with one attached hydrogen (secondary N) is 1. The van der Waals surface area contributed by atoms with Crippen LogP contribution in [0.2, 0.25) is 0 Å². The molecule has 0 radical (unpaired) electrons. The van der Waals surface area contributed by atoms with Crippen LogP contribution in [0.5, 0.6) is 5.75 Å². The van der Waals surface area contributed by atoms with Crippen LogP contribution >= 0.6 is 0 Å². The predicted octanol–water partition coefficient (Wildman–Crippen LogP) is 3.63. The molecule has 2 aromatic carbocycles. The van der Waals surface area contributed by atoms with E-state index in [1.807, 2.05) is 55.5 Å². The van der Waals surface area contributed by atoms with Gasteiger partial charge < -0.3 is 14.8 Å². The summed E-state index contributed by atoms with van der Waals surface area (Å²) in [7, 11) is 1.57. The minimum atomic E-state index is -0.163. The fourth-order valence-corrected chi connectivity index (χ4v) is 1.79. The van der Waals surface area contributed by atoms with Gasteiger partial charge in [0, 0.05) is 18.9 Å². The first-order valence-corrected chi connectivity index (χ1v) is 6.95. The third kappa shape index (κ3) is 5.07. The lowest BCUT2D eigenvalue weighted by Crippen LogP contribution is -2.07. The van der Waals surface area contributed by atoms with E-state index < -0.39 is 0 Å². The maximum absolute atomic E-state index is 11.8. The van der Waals surface area contributed by atoms with Crippen molar-refractivity contribution in [2.45, 2.75) is 6.92 Å². The van der Waals surface area contributed by atoms with Crippen LogP contribution in [0.15, 0.2) is 54.6 Å². The summed E-state index contributed by atoms with van der Waals surface area (Å²) in [6.07, 6.45) is 3.26. The van der Waals surface area contributed by atoms with E-state index in [9.17, 15) is 4.79 Å². The number of ether oxygens (including phenoxy) is 2. The molecular formula is C18H19NO3. The van der Waals surface area contributed by atoms with Gasteiger partial charge in [0.2, 0.25) is 5.91 Å². The number of benzene rings is 2. The Morgan fingerprint density at radius 3 is 2.41 bits per heavy atom. The highest BCUT2D eigenvalue weighted by Gasteiger charge is 1.98. The maximum Gasteiger partial charge on any atom is 0.248 e. The zero-order valence-electron chi connectivity index (χ0n) is 12.7. The third-order valence-corrected chi connectivity index (χ3v) is 2.97. The number of carbonyl (C=O) groups is 1. The van der Waals surface area contributed by atoms with Crippen molar-refractivity contribution in [2.75, 3.05) is 19.2 Å². The molecule has 0 spiro atoms. The molecule has 0 unspecified atom stereocenters. The van der Waals surface area contributed by atoms with Crippen LogP contribution < -0.4 is 10.1 Å². The minimum Gasteiger partial charge on any atom is -0.468 e. The summed E-state index contributed by atoms with van der Waals surface area (Å²) in [5.41, 5.74) is 2.86. The van der Waals surface area contributed by atoms with Gasteiger partial charge in [-0.05, 0) is 42.8 Å². The standard InChI is InChI=1S/C18H19NO3/c1-14-3-8-16(9-4-14)19-18(20)12-7-15-5-10-17(11-6-15)22-13-21-2/h3-12H,13H2,1-2H3,(H,19,20)/b12-7+. The first-order valence-electron chi connectivity index (χ1n) is 6.95. The largest absolute Gasteiger partial charge is 0.468 e. The molecule has 0 aromatic heterocycles. The smallest absolute Gasteiger partial charge is 0.248 e. The molecule has 0 bridgehead atoms. The van der Waals surface area contributed by atoms with Crippen molar-refractivity contribution in [1.29, 1.82) is 0 Å². The lowest BCUT2D eigenvalue weighted by Gasteiger charge is -2.04. The molecular weight excluding hydrogens is 278 g/mol. The Bertz CT molecular complexity index is 630. The van der Waals surface area contributed by atoms with Gasteiger partial charge in [-0.3, -0.25) is 4.79 Å². The van der Waals surface area contributed by atoms with Crippen molar-refractivity contribution in [3.05, 3.63) is 65.7 Å². The molecule has 1 amide bonds. The van der Waals surface area contributed by atoms with Crippen molar-refractivity contribution in [1.82, 2.24) is 0 Å². The molecule has 0 aliphatic carbocycles. The molecule has 1 N–H and O–H groups in total. The van der Waals surface area contributed by atoms with Crippen LogP contribution in [-0.4, -0.2) is 19.8 Å². The molecule has 0 saturated heterocycles. The average Bonchev–Trinajstić information content (AvgIpc) is 2.54. The van der Waals surface area contributed by atoms with Gasteiger partial charge in [-0.2, -0.15) is 0 Å². The van der Waals surface area contributed by atoms with E-state index in [1.54, 1.807) is 13.2 Å². The van der Waals surface area contributed by atoms with E-state index in [1.165, 1.54) is 6.08 Å².